The maximum atomic E-state index is 9.47. The molecule has 1 fully saturated rings. The first-order valence-electron chi connectivity index (χ1n) is 8.50. The number of benzene rings is 1. The lowest BCUT2D eigenvalue weighted by atomic mass is 9.86. The Morgan fingerprint density at radius 3 is 2.92 bits per heavy atom. The average molecular weight is 323 g/mol. The molecule has 5 nitrogen and oxygen atoms in total. The monoisotopic (exact) mass is 323 g/mol. The number of aliphatic hydroxyl groups is 1. The molecule has 24 heavy (non-hydrogen) atoms. The lowest BCUT2D eigenvalue weighted by Crippen LogP contribution is -2.21. The number of imidazole rings is 1. The topological polar surface area (TPSA) is 64.1 Å². The standard InChI is InChI=1S/C19H21N3O2/c23-12-14-5-4-8-16(11-14)22-10-9-20-18(22)17-13-24-19(21-17)15-6-2-1-3-7-15/h1-3,6-7,9-10,13-14,16,23H,4-5,8,11-12H2/t14-,16-/m1/s1. The normalized spacial score (nSPS) is 21.0. The fourth-order valence-corrected chi connectivity index (χ4v) is 3.58. The minimum atomic E-state index is 0.267. The Morgan fingerprint density at radius 1 is 1.21 bits per heavy atom. The van der Waals surface area contributed by atoms with Crippen LogP contribution >= 0.6 is 0 Å². The molecule has 124 valence electrons. The van der Waals surface area contributed by atoms with Crippen LogP contribution in [0.2, 0.25) is 0 Å². The van der Waals surface area contributed by atoms with Crippen LogP contribution in [0.3, 0.4) is 0 Å². The van der Waals surface area contributed by atoms with Gasteiger partial charge in [0.2, 0.25) is 5.89 Å². The predicted molar refractivity (Wildman–Crippen MR) is 91.2 cm³/mol. The number of aromatic nitrogens is 3. The molecule has 0 bridgehead atoms. The number of hydrogen-bond acceptors (Lipinski definition) is 4. The number of hydrogen-bond donors (Lipinski definition) is 1. The maximum Gasteiger partial charge on any atom is 0.226 e. The highest BCUT2D eigenvalue weighted by Gasteiger charge is 2.25. The highest BCUT2D eigenvalue weighted by atomic mass is 16.3. The summed E-state index contributed by atoms with van der Waals surface area (Å²) in [7, 11) is 0. The van der Waals surface area contributed by atoms with Crippen molar-refractivity contribution < 1.29 is 9.52 Å². The van der Waals surface area contributed by atoms with Gasteiger partial charge in [-0.25, -0.2) is 9.97 Å². The molecule has 3 aromatic rings. The van der Waals surface area contributed by atoms with Gasteiger partial charge in [-0.2, -0.15) is 0 Å². The zero-order valence-electron chi connectivity index (χ0n) is 13.5. The van der Waals surface area contributed by atoms with E-state index in [1.165, 1.54) is 0 Å². The number of aliphatic hydroxyl groups excluding tert-OH is 1. The summed E-state index contributed by atoms with van der Waals surface area (Å²) in [5.74, 6) is 1.83. The molecule has 0 radical (unpaired) electrons. The van der Waals surface area contributed by atoms with Gasteiger partial charge in [0, 0.05) is 30.6 Å². The van der Waals surface area contributed by atoms with Crippen molar-refractivity contribution in [1.82, 2.24) is 14.5 Å². The van der Waals surface area contributed by atoms with Crippen LogP contribution in [-0.4, -0.2) is 26.2 Å². The quantitative estimate of drug-likeness (QED) is 0.790. The first-order chi connectivity index (χ1) is 11.8. The van der Waals surface area contributed by atoms with E-state index in [4.69, 9.17) is 4.42 Å². The summed E-state index contributed by atoms with van der Waals surface area (Å²) in [5.41, 5.74) is 1.71. The zero-order valence-corrected chi connectivity index (χ0v) is 13.5. The van der Waals surface area contributed by atoms with Crippen LogP contribution in [-0.2, 0) is 0 Å². The molecule has 1 aliphatic carbocycles. The van der Waals surface area contributed by atoms with E-state index in [1.54, 1.807) is 6.26 Å². The van der Waals surface area contributed by atoms with Crippen LogP contribution in [0.5, 0.6) is 0 Å². The largest absolute Gasteiger partial charge is 0.444 e. The number of nitrogens with zero attached hydrogens (tertiary/aromatic N) is 3. The Kier molecular flexibility index (Phi) is 4.17. The summed E-state index contributed by atoms with van der Waals surface area (Å²) in [6.07, 6.45) is 9.85. The first kappa shape index (κ1) is 15.1. The van der Waals surface area contributed by atoms with E-state index in [-0.39, 0.29) is 6.61 Å². The smallest absolute Gasteiger partial charge is 0.226 e. The van der Waals surface area contributed by atoms with E-state index in [0.29, 0.717) is 17.9 Å². The maximum absolute atomic E-state index is 9.47. The Bertz CT molecular complexity index is 794. The molecule has 0 spiro atoms. The summed E-state index contributed by atoms with van der Waals surface area (Å²) in [6.45, 7) is 0.267. The van der Waals surface area contributed by atoms with E-state index in [9.17, 15) is 5.11 Å². The van der Waals surface area contributed by atoms with Gasteiger partial charge >= 0.3 is 0 Å². The minimum Gasteiger partial charge on any atom is -0.444 e. The Hall–Kier alpha value is -2.40. The molecule has 0 aliphatic heterocycles. The molecule has 1 aliphatic rings. The van der Waals surface area contributed by atoms with Crippen molar-refractivity contribution in [3.8, 4) is 23.0 Å². The van der Waals surface area contributed by atoms with Gasteiger partial charge in [-0.05, 0) is 37.3 Å². The van der Waals surface area contributed by atoms with Crippen LogP contribution in [0, 0.1) is 5.92 Å². The van der Waals surface area contributed by atoms with Gasteiger partial charge in [-0.3, -0.25) is 0 Å². The summed E-state index contributed by atoms with van der Waals surface area (Å²) in [5, 5.41) is 9.47. The molecule has 1 N–H and O–H groups in total. The summed E-state index contributed by atoms with van der Waals surface area (Å²) in [4.78, 5) is 9.12. The number of oxazole rings is 1. The molecule has 2 aromatic heterocycles. The number of rotatable bonds is 4. The third-order valence-electron chi connectivity index (χ3n) is 4.83. The highest BCUT2D eigenvalue weighted by Crippen LogP contribution is 2.35. The molecular formula is C19H21N3O2. The van der Waals surface area contributed by atoms with Gasteiger partial charge in [0.1, 0.15) is 12.0 Å². The van der Waals surface area contributed by atoms with Crippen LogP contribution < -0.4 is 0 Å². The van der Waals surface area contributed by atoms with E-state index in [0.717, 1.165) is 42.8 Å². The van der Waals surface area contributed by atoms with Crippen LogP contribution in [0.1, 0.15) is 31.7 Å². The molecule has 0 amide bonds. The van der Waals surface area contributed by atoms with Crippen molar-refractivity contribution in [2.75, 3.05) is 6.61 Å². The molecule has 4 rings (SSSR count). The minimum absolute atomic E-state index is 0.267. The molecule has 0 unspecified atom stereocenters. The predicted octanol–water partition coefficient (Wildman–Crippen LogP) is 3.93. The van der Waals surface area contributed by atoms with Crippen LogP contribution in [0.15, 0.2) is 53.4 Å². The van der Waals surface area contributed by atoms with Gasteiger partial charge in [0.25, 0.3) is 0 Å². The lowest BCUT2D eigenvalue weighted by Gasteiger charge is -2.29. The van der Waals surface area contributed by atoms with Crippen molar-refractivity contribution in [2.24, 2.45) is 5.92 Å². The van der Waals surface area contributed by atoms with Crippen molar-refractivity contribution >= 4 is 0 Å². The van der Waals surface area contributed by atoms with Gasteiger partial charge < -0.3 is 14.1 Å². The van der Waals surface area contributed by atoms with Gasteiger partial charge in [0.15, 0.2) is 5.82 Å². The Balaban J connectivity index is 1.62. The molecule has 5 heteroatoms. The Labute approximate surface area is 141 Å². The van der Waals surface area contributed by atoms with Crippen molar-refractivity contribution in [3.05, 3.63) is 49.0 Å². The second kappa shape index (κ2) is 6.61. The van der Waals surface area contributed by atoms with Crippen molar-refractivity contribution in [2.45, 2.75) is 31.7 Å². The molecule has 2 atom stereocenters. The Morgan fingerprint density at radius 2 is 2.08 bits per heavy atom. The van der Waals surface area contributed by atoms with Crippen molar-refractivity contribution in [3.63, 3.8) is 0 Å². The van der Waals surface area contributed by atoms with Gasteiger partial charge in [0.05, 0.1) is 0 Å². The van der Waals surface area contributed by atoms with E-state index >= 15 is 0 Å². The van der Waals surface area contributed by atoms with E-state index in [1.807, 2.05) is 42.7 Å². The van der Waals surface area contributed by atoms with E-state index < -0.39 is 0 Å². The summed E-state index contributed by atoms with van der Waals surface area (Å²) >= 11 is 0. The first-order valence-corrected chi connectivity index (χ1v) is 8.50. The molecule has 1 saturated carbocycles. The van der Waals surface area contributed by atoms with Crippen LogP contribution in [0.25, 0.3) is 23.0 Å². The fourth-order valence-electron chi connectivity index (χ4n) is 3.58. The molecule has 0 saturated heterocycles. The van der Waals surface area contributed by atoms with Crippen LogP contribution in [0.4, 0.5) is 0 Å². The molecular weight excluding hydrogens is 302 g/mol. The van der Waals surface area contributed by atoms with Gasteiger partial charge in [-0.15, -0.1) is 0 Å². The fraction of sp³-hybridized carbons (Fsp3) is 0.368. The van der Waals surface area contributed by atoms with E-state index in [2.05, 4.69) is 14.5 Å². The zero-order chi connectivity index (χ0) is 16.4. The molecule has 1 aromatic carbocycles. The highest BCUT2D eigenvalue weighted by molar-refractivity contribution is 5.58. The summed E-state index contributed by atoms with van der Waals surface area (Å²) in [6, 6.07) is 10.2. The van der Waals surface area contributed by atoms with Gasteiger partial charge in [-0.1, -0.05) is 24.6 Å². The van der Waals surface area contributed by atoms with Crippen molar-refractivity contribution in [1.29, 1.82) is 0 Å². The molecule has 2 heterocycles. The average Bonchev–Trinajstić information content (AvgIpc) is 3.31. The second-order valence-corrected chi connectivity index (χ2v) is 6.43. The summed E-state index contributed by atoms with van der Waals surface area (Å²) < 4.78 is 7.84. The third kappa shape index (κ3) is 2.87. The SMILES string of the molecule is OC[C@@H]1CCC[C@@H](n2ccnc2-c2coc(-c3ccccc3)n2)C1. The lowest BCUT2D eigenvalue weighted by molar-refractivity contribution is 0.163. The second-order valence-electron chi connectivity index (χ2n) is 6.43. The third-order valence-corrected chi connectivity index (χ3v) is 4.83.